The molecule has 36 heavy (non-hydrogen) atoms. The number of aryl methyl sites for hydroxylation is 2. The molecule has 0 aliphatic rings. The SMILES string of the molecule is Cc1ccc(N(C(=O)CCC(=O)Nc2cc(C)ccn2)[C@@H](C(=O)NC(C)C)c2ccc(F)cc2)cc1. The molecule has 0 bridgehead atoms. The Labute approximate surface area is 210 Å². The summed E-state index contributed by atoms with van der Waals surface area (Å²) in [4.78, 5) is 45.0. The van der Waals surface area contributed by atoms with Crippen LogP contribution in [0.3, 0.4) is 0 Å². The molecule has 0 unspecified atom stereocenters. The minimum absolute atomic E-state index is 0.0985. The number of nitrogens with zero attached hydrogens (tertiary/aromatic N) is 2. The Kier molecular flexibility index (Phi) is 8.89. The van der Waals surface area contributed by atoms with Crippen molar-refractivity contribution in [1.29, 1.82) is 0 Å². The minimum atomic E-state index is -1.05. The van der Waals surface area contributed by atoms with Crippen LogP contribution in [0.5, 0.6) is 0 Å². The molecule has 7 nitrogen and oxygen atoms in total. The van der Waals surface area contributed by atoms with Crippen molar-refractivity contribution in [3.63, 3.8) is 0 Å². The standard InChI is InChI=1S/C28H31FN4O3/c1-18(2)31-28(36)27(21-7-9-22(29)10-8-21)33(23-11-5-19(3)6-12-23)26(35)14-13-25(34)32-24-17-20(4)15-16-30-24/h5-12,15-18,27H,13-14H2,1-4H3,(H,31,36)(H,30,32,34)/t27-/m1/s1. The molecule has 2 N–H and O–H groups in total. The van der Waals surface area contributed by atoms with Crippen molar-refractivity contribution in [2.45, 2.75) is 52.6 Å². The number of hydrogen-bond donors (Lipinski definition) is 2. The summed E-state index contributed by atoms with van der Waals surface area (Å²) < 4.78 is 13.7. The third-order valence-corrected chi connectivity index (χ3v) is 5.45. The van der Waals surface area contributed by atoms with E-state index in [1.165, 1.54) is 29.2 Å². The number of halogens is 1. The highest BCUT2D eigenvalue weighted by atomic mass is 19.1. The van der Waals surface area contributed by atoms with E-state index in [2.05, 4.69) is 15.6 Å². The van der Waals surface area contributed by atoms with Crippen molar-refractivity contribution < 1.29 is 18.8 Å². The van der Waals surface area contributed by atoms with E-state index in [4.69, 9.17) is 0 Å². The second-order valence-electron chi connectivity index (χ2n) is 8.98. The lowest BCUT2D eigenvalue weighted by molar-refractivity contribution is -0.127. The molecule has 2 aromatic carbocycles. The molecule has 3 rings (SSSR count). The van der Waals surface area contributed by atoms with Crippen LogP contribution in [0.4, 0.5) is 15.9 Å². The van der Waals surface area contributed by atoms with Gasteiger partial charge >= 0.3 is 0 Å². The number of benzene rings is 2. The Morgan fingerprint density at radius 1 is 0.917 bits per heavy atom. The summed E-state index contributed by atoms with van der Waals surface area (Å²) in [5.74, 6) is -1.23. The van der Waals surface area contributed by atoms with Gasteiger partial charge in [0.2, 0.25) is 17.7 Å². The van der Waals surface area contributed by atoms with Crippen LogP contribution in [0.25, 0.3) is 0 Å². The smallest absolute Gasteiger partial charge is 0.248 e. The summed E-state index contributed by atoms with van der Waals surface area (Å²) in [6.07, 6.45) is 1.35. The zero-order chi connectivity index (χ0) is 26.2. The van der Waals surface area contributed by atoms with Gasteiger partial charge in [0.1, 0.15) is 17.7 Å². The number of amides is 3. The summed E-state index contributed by atoms with van der Waals surface area (Å²) in [7, 11) is 0. The maximum atomic E-state index is 13.7. The third-order valence-electron chi connectivity index (χ3n) is 5.45. The first kappa shape index (κ1) is 26.5. The van der Waals surface area contributed by atoms with Crippen LogP contribution in [-0.2, 0) is 14.4 Å². The Hall–Kier alpha value is -4.07. The molecule has 1 aromatic heterocycles. The zero-order valence-corrected chi connectivity index (χ0v) is 20.9. The quantitative estimate of drug-likeness (QED) is 0.448. The lowest BCUT2D eigenvalue weighted by Gasteiger charge is -2.32. The third kappa shape index (κ3) is 7.21. The predicted molar refractivity (Wildman–Crippen MR) is 138 cm³/mol. The molecule has 0 saturated heterocycles. The molecule has 0 fully saturated rings. The van der Waals surface area contributed by atoms with Gasteiger partial charge in [-0.1, -0.05) is 29.8 Å². The summed E-state index contributed by atoms with van der Waals surface area (Å²) >= 11 is 0. The van der Waals surface area contributed by atoms with E-state index < -0.39 is 23.7 Å². The first-order chi connectivity index (χ1) is 17.1. The number of rotatable bonds is 9. The lowest BCUT2D eigenvalue weighted by Crippen LogP contribution is -2.46. The molecule has 3 amide bonds. The molecule has 0 saturated carbocycles. The van der Waals surface area contributed by atoms with Gasteiger partial charge in [0.25, 0.3) is 0 Å². The molecule has 1 atom stereocenters. The second-order valence-corrected chi connectivity index (χ2v) is 8.98. The average molecular weight is 491 g/mol. The van der Waals surface area contributed by atoms with Crippen molar-refractivity contribution in [3.8, 4) is 0 Å². The van der Waals surface area contributed by atoms with E-state index in [-0.39, 0.29) is 24.8 Å². The molecule has 188 valence electrons. The van der Waals surface area contributed by atoms with E-state index in [1.54, 1.807) is 24.4 Å². The van der Waals surface area contributed by atoms with Crippen LogP contribution in [0.2, 0.25) is 0 Å². The van der Waals surface area contributed by atoms with Crippen molar-refractivity contribution in [2.24, 2.45) is 0 Å². The van der Waals surface area contributed by atoms with Gasteiger partial charge in [-0.3, -0.25) is 19.3 Å². The Morgan fingerprint density at radius 3 is 2.19 bits per heavy atom. The number of nitrogens with one attached hydrogen (secondary N) is 2. The fraction of sp³-hybridized carbons (Fsp3) is 0.286. The second kappa shape index (κ2) is 12.1. The van der Waals surface area contributed by atoms with Gasteiger partial charge in [0, 0.05) is 30.8 Å². The van der Waals surface area contributed by atoms with Crippen LogP contribution < -0.4 is 15.5 Å². The van der Waals surface area contributed by atoms with Crippen LogP contribution in [0, 0.1) is 19.7 Å². The average Bonchev–Trinajstić information content (AvgIpc) is 2.82. The number of pyridine rings is 1. The molecular weight excluding hydrogens is 459 g/mol. The number of anilines is 2. The van der Waals surface area contributed by atoms with E-state index in [9.17, 15) is 18.8 Å². The number of aromatic nitrogens is 1. The summed E-state index contributed by atoms with van der Waals surface area (Å²) in [6.45, 7) is 7.45. The molecule has 1 heterocycles. The van der Waals surface area contributed by atoms with Crippen LogP contribution >= 0.6 is 0 Å². The van der Waals surface area contributed by atoms with E-state index >= 15 is 0 Å². The fourth-order valence-electron chi connectivity index (χ4n) is 3.72. The zero-order valence-electron chi connectivity index (χ0n) is 20.9. The molecule has 8 heteroatoms. The van der Waals surface area contributed by atoms with Crippen molar-refractivity contribution in [2.75, 3.05) is 10.2 Å². The maximum absolute atomic E-state index is 13.7. The van der Waals surface area contributed by atoms with Gasteiger partial charge in [-0.2, -0.15) is 0 Å². The molecular formula is C28H31FN4O3. The van der Waals surface area contributed by atoms with Crippen LogP contribution in [-0.4, -0.2) is 28.7 Å². The first-order valence-electron chi connectivity index (χ1n) is 11.8. The summed E-state index contributed by atoms with van der Waals surface area (Å²) in [5, 5.41) is 5.56. The van der Waals surface area contributed by atoms with Crippen molar-refractivity contribution >= 4 is 29.2 Å². The molecule has 0 radical (unpaired) electrons. The van der Waals surface area contributed by atoms with E-state index in [1.807, 2.05) is 45.9 Å². The molecule has 0 aliphatic heterocycles. The summed E-state index contributed by atoms with van der Waals surface area (Å²) in [6, 6.07) is 15.0. The Bertz CT molecular complexity index is 1210. The highest BCUT2D eigenvalue weighted by molar-refractivity contribution is 6.03. The number of hydrogen-bond acceptors (Lipinski definition) is 4. The van der Waals surface area contributed by atoms with E-state index in [0.29, 0.717) is 17.1 Å². The molecule has 0 aliphatic carbocycles. The summed E-state index contributed by atoms with van der Waals surface area (Å²) in [5.41, 5.74) is 2.89. The van der Waals surface area contributed by atoms with Crippen LogP contribution in [0.15, 0.2) is 66.9 Å². The highest BCUT2D eigenvalue weighted by Gasteiger charge is 2.33. The van der Waals surface area contributed by atoms with Gasteiger partial charge in [0.15, 0.2) is 0 Å². The fourth-order valence-corrected chi connectivity index (χ4v) is 3.72. The lowest BCUT2D eigenvalue weighted by atomic mass is 10.0. The van der Waals surface area contributed by atoms with Crippen molar-refractivity contribution in [1.82, 2.24) is 10.3 Å². The minimum Gasteiger partial charge on any atom is -0.352 e. The number of carbonyl (C=O) groups is 3. The largest absolute Gasteiger partial charge is 0.352 e. The number of carbonyl (C=O) groups excluding carboxylic acids is 3. The van der Waals surface area contributed by atoms with Gasteiger partial charge in [-0.15, -0.1) is 0 Å². The van der Waals surface area contributed by atoms with Gasteiger partial charge in [-0.05, 0) is 75.2 Å². The topological polar surface area (TPSA) is 91.4 Å². The van der Waals surface area contributed by atoms with Crippen LogP contribution in [0.1, 0.15) is 49.4 Å². The Balaban J connectivity index is 1.91. The maximum Gasteiger partial charge on any atom is 0.248 e. The van der Waals surface area contributed by atoms with Crippen molar-refractivity contribution in [3.05, 3.63) is 89.4 Å². The molecule has 0 spiro atoms. The normalized spacial score (nSPS) is 11.6. The monoisotopic (exact) mass is 490 g/mol. The van der Waals surface area contributed by atoms with Gasteiger partial charge in [0.05, 0.1) is 0 Å². The Morgan fingerprint density at radius 2 is 1.58 bits per heavy atom. The highest BCUT2D eigenvalue weighted by Crippen LogP contribution is 2.30. The van der Waals surface area contributed by atoms with E-state index in [0.717, 1.165) is 11.1 Å². The predicted octanol–water partition coefficient (Wildman–Crippen LogP) is 4.86. The first-order valence-corrected chi connectivity index (χ1v) is 11.8. The molecule has 3 aromatic rings. The van der Waals surface area contributed by atoms with Gasteiger partial charge in [-0.25, -0.2) is 9.37 Å². The van der Waals surface area contributed by atoms with Gasteiger partial charge < -0.3 is 10.6 Å².